The average Bonchev–Trinajstić information content (AvgIpc) is 2.89. The van der Waals surface area contributed by atoms with Gasteiger partial charge in [-0.1, -0.05) is 13.8 Å². The fraction of sp³-hybridized carbons (Fsp3) is 0.400. The SMILES string of the molecule is COc1ccc(OCc2nc(C(C)C)c(CO)s2)cc1. The number of hydrogen-bond donors (Lipinski definition) is 1. The van der Waals surface area contributed by atoms with Crippen molar-refractivity contribution in [3.8, 4) is 11.5 Å². The average molecular weight is 293 g/mol. The summed E-state index contributed by atoms with van der Waals surface area (Å²) in [5.74, 6) is 1.89. The summed E-state index contributed by atoms with van der Waals surface area (Å²) in [5, 5.41) is 10.2. The van der Waals surface area contributed by atoms with Gasteiger partial charge < -0.3 is 14.6 Å². The van der Waals surface area contributed by atoms with Gasteiger partial charge in [0.05, 0.1) is 24.3 Å². The normalized spacial score (nSPS) is 10.8. The minimum atomic E-state index is 0.0354. The Kier molecular flexibility index (Phi) is 4.98. The molecule has 1 heterocycles. The molecule has 1 aromatic carbocycles. The van der Waals surface area contributed by atoms with Crippen molar-refractivity contribution in [1.29, 1.82) is 0 Å². The van der Waals surface area contributed by atoms with E-state index in [-0.39, 0.29) is 6.61 Å². The molecule has 0 amide bonds. The highest BCUT2D eigenvalue weighted by atomic mass is 32.1. The number of aliphatic hydroxyl groups is 1. The molecule has 0 spiro atoms. The molecule has 0 atom stereocenters. The van der Waals surface area contributed by atoms with Crippen LogP contribution in [0.1, 0.15) is 35.3 Å². The van der Waals surface area contributed by atoms with E-state index in [0.717, 1.165) is 27.1 Å². The lowest BCUT2D eigenvalue weighted by Crippen LogP contribution is -1.97. The summed E-state index contributed by atoms with van der Waals surface area (Å²) in [7, 11) is 1.63. The minimum absolute atomic E-state index is 0.0354. The van der Waals surface area contributed by atoms with Crippen molar-refractivity contribution < 1.29 is 14.6 Å². The van der Waals surface area contributed by atoms with Crippen LogP contribution in [0.15, 0.2) is 24.3 Å². The van der Waals surface area contributed by atoms with Crippen LogP contribution in [-0.2, 0) is 13.2 Å². The van der Waals surface area contributed by atoms with E-state index in [9.17, 15) is 5.11 Å². The molecule has 2 rings (SSSR count). The lowest BCUT2D eigenvalue weighted by atomic mass is 10.1. The highest BCUT2D eigenvalue weighted by Gasteiger charge is 2.13. The summed E-state index contributed by atoms with van der Waals surface area (Å²) < 4.78 is 10.8. The van der Waals surface area contributed by atoms with E-state index in [4.69, 9.17) is 9.47 Å². The summed E-state index contributed by atoms with van der Waals surface area (Å²) in [6, 6.07) is 7.44. The van der Waals surface area contributed by atoms with E-state index in [1.165, 1.54) is 11.3 Å². The van der Waals surface area contributed by atoms with Gasteiger partial charge in [-0.25, -0.2) is 4.98 Å². The van der Waals surface area contributed by atoms with Crippen LogP contribution < -0.4 is 9.47 Å². The van der Waals surface area contributed by atoms with Crippen molar-refractivity contribution in [1.82, 2.24) is 4.98 Å². The Morgan fingerprint density at radius 3 is 2.35 bits per heavy atom. The molecule has 0 saturated heterocycles. The van der Waals surface area contributed by atoms with Crippen LogP contribution in [0.25, 0.3) is 0 Å². The molecular formula is C15H19NO3S. The second-order valence-electron chi connectivity index (χ2n) is 4.69. The number of rotatable bonds is 6. The smallest absolute Gasteiger partial charge is 0.140 e. The van der Waals surface area contributed by atoms with Gasteiger partial charge in [0.15, 0.2) is 0 Å². The van der Waals surface area contributed by atoms with E-state index in [1.807, 2.05) is 24.3 Å². The van der Waals surface area contributed by atoms with Gasteiger partial charge in [-0.3, -0.25) is 0 Å². The third-order valence-electron chi connectivity index (χ3n) is 2.88. The fourth-order valence-electron chi connectivity index (χ4n) is 1.86. The minimum Gasteiger partial charge on any atom is -0.497 e. The molecule has 5 heteroatoms. The fourth-order valence-corrected chi connectivity index (χ4v) is 2.85. The van der Waals surface area contributed by atoms with Gasteiger partial charge in [-0.15, -0.1) is 11.3 Å². The summed E-state index contributed by atoms with van der Waals surface area (Å²) in [6.07, 6.45) is 0. The summed E-state index contributed by atoms with van der Waals surface area (Å²) in [6.45, 7) is 4.59. The number of aromatic nitrogens is 1. The van der Waals surface area contributed by atoms with Crippen molar-refractivity contribution in [2.75, 3.05) is 7.11 Å². The first-order chi connectivity index (χ1) is 9.63. The van der Waals surface area contributed by atoms with Crippen LogP contribution >= 0.6 is 11.3 Å². The number of ether oxygens (including phenoxy) is 2. The number of benzene rings is 1. The number of aliphatic hydroxyl groups excluding tert-OH is 1. The van der Waals surface area contributed by atoms with E-state index in [1.54, 1.807) is 7.11 Å². The molecule has 0 aliphatic rings. The predicted octanol–water partition coefficient (Wildman–Crippen LogP) is 3.35. The molecule has 0 saturated carbocycles. The maximum atomic E-state index is 9.34. The number of nitrogens with zero attached hydrogens (tertiary/aromatic N) is 1. The summed E-state index contributed by atoms with van der Waals surface area (Å²) in [4.78, 5) is 5.46. The first-order valence-electron chi connectivity index (χ1n) is 6.50. The Morgan fingerprint density at radius 1 is 1.20 bits per heavy atom. The van der Waals surface area contributed by atoms with Gasteiger partial charge in [-0.05, 0) is 30.2 Å². The summed E-state index contributed by atoms with van der Waals surface area (Å²) >= 11 is 1.50. The number of methoxy groups -OCH3 is 1. The lowest BCUT2D eigenvalue weighted by Gasteiger charge is -2.05. The van der Waals surface area contributed by atoms with Crippen LogP contribution in [0.3, 0.4) is 0 Å². The maximum absolute atomic E-state index is 9.34. The molecule has 0 aliphatic heterocycles. The molecule has 0 radical (unpaired) electrons. The zero-order chi connectivity index (χ0) is 14.5. The molecular weight excluding hydrogens is 274 g/mol. The molecule has 20 heavy (non-hydrogen) atoms. The van der Waals surface area contributed by atoms with E-state index in [2.05, 4.69) is 18.8 Å². The highest BCUT2D eigenvalue weighted by Crippen LogP contribution is 2.26. The Bertz CT molecular complexity index is 549. The van der Waals surface area contributed by atoms with Crippen molar-refractivity contribution in [3.05, 3.63) is 39.8 Å². The highest BCUT2D eigenvalue weighted by molar-refractivity contribution is 7.11. The maximum Gasteiger partial charge on any atom is 0.140 e. The third kappa shape index (κ3) is 3.49. The Labute approximate surface area is 123 Å². The molecule has 4 nitrogen and oxygen atoms in total. The van der Waals surface area contributed by atoms with Crippen molar-refractivity contribution >= 4 is 11.3 Å². The molecule has 0 fully saturated rings. The van der Waals surface area contributed by atoms with Crippen molar-refractivity contribution in [3.63, 3.8) is 0 Å². The molecule has 1 N–H and O–H groups in total. The van der Waals surface area contributed by atoms with E-state index < -0.39 is 0 Å². The second kappa shape index (κ2) is 6.72. The quantitative estimate of drug-likeness (QED) is 0.887. The van der Waals surface area contributed by atoms with Gasteiger partial charge in [0.25, 0.3) is 0 Å². The number of hydrogen-bond acceptors (Lipinski definition) is 5. The second-order valence-corrected chi connectivity index (χ2v) is 5.86. The van der Waals surface area contributed by atoms with Crippen molar-refractivity contribution in [2.45, 2.75) is 33.0 Å². The van der Waals surface area contributed by atoms with Gasteiger partial charge in [-0.2, -0.15) is 0 Å². The van der Waals surface area contributed by atoms with Gasteiger partial charge in [0, 0.05) is 0 Å². The molecule has 0 unspecified atom stereocenters. The Balaban J connectivity index is 2.02. The van der Waals surface area contributed by atoms with Crippen LogP contribution in [0.4, 0.5) is 0 Å². The van der Waals surface area contributed by atoms with Gasteiger partial charge >= 0.3 is 0 Å². The van der Waals surface area contributed by atoms with E-state index >= 15 is 0 Å². The monoisotopic (exact) mass is 293 g/mol. The van der Waals surface area contributed by atoms with Crippen LogP contribution in [0.5, 0.6) is 11.5 Å². The largest absolute Gasteiger partial charge is 0.497 e. The Hall–Kier alpha value is -1.59. The van der Waals surface area contributed by atoms with Crippen LogP contribution in [0.2, 0.25) is 0 Å². The Morgan fingerprint density at radius 2 is 1.85 bits per heavy atom. The first kappa shape index (κ1) is 14.8. The van der Waals surface area contributed by atoms with Crippen LogP contribution in [0, 0.1) is 0 Å². The molecule has 108 valence electrons. The topological polar surface area (TPSA) is 51.6 Å². The third-order valence-corrected chi connectivity index (χ3v) is 3.91. The standard InChI is InChI=1S/C15H19NO3S/c1-10(2)15-13(8-17)20-14(16-15)9-19-12-6-4-11(18-3)5-7-12/h4-7,10,17H,8-9H2,1-3H3. The lowest BCUT2D eigenvalue weighted by molar-refractivity contribution is 0.283. The molecule has 2 aromatic rings. The molecule has 1 aromatic heterocycles. The first-order valence-corrected chi connectivity index (χ1v) is 7.32. The van der Waals surface area contributed by atoms with Crippen LogP contribution in [-0.4, -0.2) is 17.2 Å². The van der Waals surface area contributed by atoms with Crippen molar-refractivity contribution in [2.24, 2.45) is 0 Å². The van der Waals surface area contributed by atoms with Gasteiger partial charge in [0.1, 0.15) is 23.1 Å². The zero-order valence-corrected chi connectivity index (χ0v) is 12.7. The van der Waals surface area contributed by atoms with Gasteiger partial charge in [0.2, 0.25) is 0 Å². The zero-order valence-electron chi connectivity index (χ0n) is 11.9. The van der Waals surface area contributed by atoms with E-state index in [0.29, 0.717) is 12.5 Å². The summed E-state index contributed by atoms with van der Waals surface area (Å²) in [5.41, 5.74) is 0.964. The number of thiazole rings is 1. The molecule has 0 bridgehead atoms. The molecule has 0 aliphatic carbocycles. The predicted molar refractivity (Wildman–Crippen MR) is 79.5 cm³/mol.